The Morgan fingerprint density at radius 2 is 1.94 bits per heavy atom. The van der Waals surface area contributed by atoms with E-state index in [1.165, 1.54) is 31.2 Å². The van der Waals surface area contributed by atoms with Gasteiger partial charge in [0.1, 0.15) is 5.75 Å². The minimum atomic E-state index is 0.372. The van der Waals surface area contributed by atoms with Crippen molar-refractivity contribution >= 4 is 0 Å². The van der Waals surface area contributed by atoms with Gasteiger partial charge in [-0.1, -0.05) is 18.2 Å². The molecule has 0 saturated heterocycles. The lowest BCUT2D eigenvalue weighted by molar-refractivity contribution is 0.00942. The normalized spacial score (nSPS) is 18.9. The summed E-state index contributed by atoms with van der Waals surface area (Å²) in [5.41, 5.74) is 1.22. The van der Waals surface area contributed by atoms with E-state index in [4.69, 9.17) is 9.47 Å². The van der Waals surface area contributed by atoms with Gasteiger partial charge >= 0.3 is 0 Å². The van der Waals surface area contributed by atoms with Gasteiger partial charge in [-0.3, -0.25) is 0 Å². The molecular formula is C15H21NO2. The van der Waals surface area contributed by atoms with Gasteiger partial charge in [-0.15, -0.1) is 0 Å². The number of benzene rings is 1. The van der Waals surface area contributed by atoms with E-state index >= 15 is 0 Å². The highest BCUT2D eigenvalue weighted by atomic mass is 16.7. The Kier molecular flexibility index (Phi) is 3.81. The second kappa shape index (κ2) is 5.72. The van der Waals surface area contributed by atoms with E-state index in [1.54, 1.807) is 0 Å². The Labute approximate surface area is 108 Å². The van der Waals surface area contributed by atoms with Gasteiger partial charge in [-0.25, -0.2) is 0 Å². The van der Waals surface area contributed by atoms with Crippen molar-refractivity contribution in [2.75, 3.05) is 13.4 Å². The Bertz CT molecular complexity index is 386. The summed E-state index contributed by atoms with van der Waals surface area (Å²) in [7, 11) is 0. The van der Waals surface area contributed by atoms with Crippen molar-refractivity contribution in [1.82, 2.24) is 5.32 Å². The molecule has 2 saturated carbocycles. The fraction of sp³-hybridized carbons (Fsp3) is 0.600. The van der Waals surface area contributed by atoms with Crippen LogP contribution in [-0.2, 0) is 11.3 Å². The van der Waals surface area contributed by atoms with E-state index in [2.05, 4.69) is 17.4 Å². The molecule has 2 fully saturated rings. The van der Waals surface area contributed by atoms with Gasteiger partial charge in [0.05, 0.1) is 6.61 Å². The van der Waals surface area contributed by atoms with Crippen LogP contribution in [0, 0.1) is 5.92 Å². The van der Waals surface area contributed by atoms with E-state index in [0.29, 0.717) is 6.79 Å². The number of para-hydroxylation sites is 1. The summed E-state index contributed by atoms with van der Waals surface area (Å²) in [6.07, 6.45) is 5.27. The maximum atomic E-state index is 5.71. The Morgan fingerprint density at radius 3 is 2.72 bits per heavy atom. The second-order valence-corrected chi connectivity index (χ2v) is 5.34. The molecule has 1 aromatic carbocycles. The average Bonchev–Trinajstić information content (AvgIpc) is 3.27. The molecular weight excluding hydrogens is 226 g/mol. The minimum Gasteiger partial charge on any atom is -0.467 e. The second-order valence-electron chi connectivity index (χ2n) is 5.34. The van der Waals surface area contributed by atoms with Crippen LogP contribution in [0.4, 0.5) is 0 Å². The highest BCUT2D eigenvalue weighted by Gasteiger charge is 2.21. The van der Waals surface area contributed by atoms with Crippen molar-refractivity contribution in [3.63, 3.8) is 0 Å². The molecule has 2 aliphatic carbocycles. The molecule has 3 heteroatoms. The maximum Gasteiger partial charge on any atom is 0.189 e. The number of nitrogens with one attached hydrogen (secondary N) is 1. The molecule has 0 bridgehead atoms. The highest BCUT2D eigenvalue weighted by Crippen LogP contribution is 2.29. The van der Waals surface area contributed by atoms with Crippen LogP contribution in [0.2, 0.25) is 0 Å². The monoisotopic (exact) mass is 247 g/mol. The molecule has 1 N–H and O–H groups in total. The average molecular weight is 247 g/mol. The molecule has 0 heterocycles. The minimum absolute atomic E-state index is 0.372. The molecule has 0 unspecified atom stereocenters. The van der Waals surface area contributed by atoms with Crippen LogP contribution in [0.25, 0.3) is 0 Å². The molecule has 3 nitrogen and oxygen atoms in total. The summed E-state index contributed by atoms with van der Waals surface area (Å²) in [4.78, 5) is 0. The van der Waals surface area contributed by atoms with E-state index in [9.17, 15) is 0 Å². The molecule has 0 amide bonds. The quantitative estimate of drug-likeness (QED) is 0.566. The summed E-state index contributed by atoms with van der Waals surface area (Å²) in [5.74, 6) is 1.74. The number of rotatable bonds is 8. The molecule has 0 atom stereocenters. The molecule has 98 valence electrons. The molecule has 2 aliphatic rings. The van der Waals surface area contributed by atoms with Gasteiger partial charge in [-0.2, -0.15) is 0 Å². The van der Waals surface area contributed by atoms with Crippen molar-refractivity contribution in [3.05, 3.63) is 29.8 Å². The first-order valence-corrected chi connectivity index (χ1v) is 6.93. The van der Waals surface area contributed by atoms with Gasteiger partial charge < -0.3 is 14.8 Å². The molecule has 0 aliphatic heterocycles. The van der Waals surface area contributed by atoms with E-state index in [1.807, 2.05) is 12.1 Å². The van der Waals surface area contributed by atoms with Crippen molar-refractivity contribution < 1.29 is 9.47 Å². The molecule has 0 aromatic heterocycles. The summed E-state index contributed by atoms with van der Waals surface area (Å²) in [5, 5.41) is 3.51. The Hall–Kier alpha value is -1.06. The molecule has 3 rings (SSSR count). The van der Waals surface area contributed by atoms with Gasteiger partial charge in [0.2, 0.25) is 0 Å². The van der Waals surface area contributed by atoms with Gasteiger partial charge in [0.25, 0.3) is 0 Å². The summed E-state index contributed by atoms with van der Waals surface area (Å²) < 4.78 is 11.2. The van der Waals surface area contributed by atoms with Crippen LogP contribution in [-0.4, -0.2) is 19.4 Å². The topological polar surface area (TPSA) is 30.5 Å². The lowest BCUT2D eigenvalue weighted by Crippen LogP contribution is -2.16. The van der Waals surface area contributed by atoms with Gasteiger partial charge in [-0.05, 0) is 37.7 Å². The number of ether oxygens (including phenoxy) is 2. The Balaban J connectivity index is 1.45. The first kappa shape index (κ1) is 12.0. The van der Waals surface area contributed by atoms with Crippen molar-refractivity contribution in [2.45, 2.75) is 38.3 Å². The van der Waals surface area contributed by atoms with Crippen LogP contribution < -0.4 is 10.1 Å². The van der Waals surface area contributed by atoms with Crippen molar-refractivity contribution in [3.8, 4) is 5.75 Å². The summed E-state index contributed by atoms with van der Waals surface area (Å²) in [6.45, 7) is 2.11. The van der Waals surface area contributed by atoms with Crippen LogP contribution in [0.1, 0.15) is 31.2 Å². The molecule has 1 aromatic rings. The van der Waals surface area contributed by atoms with Crippen LogP contribution >= 0.6 is 0 Å². The SMILES string of the molecule is c1ccc(OCOCC2CC2)c(CNC2CC2)c1. The number of hydrogen-bond donors (Lipinski definition) is 1. The van der Waals surface area contributed by atoms with E-state index in [-0.39, 0.29) is 0 Å². The largest absolute Gasteiger partial charge is 0.467 e. The predicted octanol–water partition coefficient (Wildman–Crippen LogP) is 2.70. The summed E-state index contributed by atoms with van der Waals surface area (Å²) >= 11 is 0. The fourth-order valence-corrected chi connectivity index (χ4v) is 1.94. The lowest BCUT2D eigenvalue weighted by Gasteiger charge is -2.12. The predicted molar refractivity (Wildman–Crippen MR) is 70.5 cm³/mol. The van der Waals surface area contributed by atoms with Crippen LogP contribution in [0.5, 0.6) is 5.75 Å². The third kappa shape index (κ3) is 3.72. The zero-order valence-corrected chi connectivity index (χ0v) is 10.7. The van der Waals surface area contributed by atoms with Crippen molar-refractivity contribution in [1.29, 1.82) is 0 Å². The van der Waals surface area contributed by atoms with Crippen LogP contribution in [0.3, 0.4) is 0 Å². The highest BCUT2D eigenvalue weighted by molar-refractivity contribution is 5.33. The van der Waals surface area contributed by atoms with E-state index in [0.717, 1.165) is 30.9 Å². The molecule has 18 heavy (non-hydrogen) atoms. The summed E-state index contributed by atoms with van der Waals surface area (Å²) in [6, 6.07) is 8.93. The zero-order valence-electron chi connectivity index (χ0n) is 10.7. The van der Waals surface area contributed by atoms with E-state index < -0.39 is 0 Å². The third-order valence-corrected chi connectivity index (χ3v) is 3.48. The molecule has 0 radical (unpaired) electrons. The first-order valence-electron chi connectivity index (χ1n) is 6.93. The van der Waals surface area contributed by atoms with Crippen molar-refractivity contribution in [2.24, 2.45) is 5.92 Å². The molecule has 0 spiro atoms. The smallest absolute Gasteiger partial charge is 0.189 e. The zero-order chi connectivity index (χ0) is 12.2. The third-order valence-electron chi connectivity index (χ3n) is 3.48. The standard InChI is InChI=1S/C15H21NO2/c1-2-4-15(18-11-17-10-12-5-6-12)13(3-1)9-16-14-7-8-14/h1-4,12,14,16H,5-11H2. The maximum absolute atomic E-state index is 5.71. The fourth-order valence-electron chi connectivity index (χ4n) is 1.94. The Morgan fingerprint density at radius 1 is 1.11 bits per heavy atom. The lowest BCUT2D eigenvalue weighted by atomic mass is 10.2. The first-order chi connectivity index (χ1) is 8.92. The number of hydrogen-bond acceptors (Lipinski definition) is 3. The van der Waals surface area contributed by atoms with Crippen LogP contribution in [0.15, 0.2) is 24.3 Å². The van der Waals surface area contributed by atoms with Gasteiger partial charge in [0, 0.05) is 18.2 Å². The van der Waals surface area contributed by atoms with Gasteiger partial charge in [0.15, 0.2) is 6.79 Å².